The summed E-state index contributed by atoms with van der Waals surface area (Å²) in [5.74, 6) is 0.662. The van der Waals surface area contributed by atoms with E-state index in [-0.39, 0.29) is 30.0 Å². The van der Waals surface area contributed by atoms with E-state index in [9.17, 15) is 10.1 Å². The molecule has 8 nitrogen and oxygen atoms in total. The van der Waals surface area contributed by atoms with Gasteiger partial charge in [-0.25, -0.2) is 0 Å². The lowest BCUT2D eigenvalue weighted by Crippen LogP contribution is -2.38. The van der Waals surface area contributed by atoms with Crippen LogP contribution < -0.4 is 20.2 Å². The molecule has 0 amide bonds. The summed E-state index contributed by atoms with van der Waals surface area (Å²) in [6, 6.07) is 11.1. The first-order valence-electron chi connectivity index (χ1n) is 9.64. The lowest BCUT2D eigenvalue weighted by Gasteiger charge is -2.25. The molecular weight excluding hydrogens is 372 g/mol. The van der Waals surface area contributed by atoms with Crippen molar-refractivity contribution in [1.29, 1.82) is 0 Å². The second-order valence-electron chi connectivity index (χ2n) is 7.37. The Morgan fingerprint density at radius 3 is 2.79 bits per heavy atom. The van der Waals surface area contributed by atoms with Crippen LogP contribution in [0.15, 0.2) is 41.5 Å². The summed E-state index contributed by atoms with van der Waals surface area (Å²) in [6.45, 7) is 3.92. The van der Waals surface area contributed by atoms with E-state index in [0.717, 1.165) is 41.9 Å². The predicted octanol–water partition coefficient (Wildman–Crippen LogP) is 3.10. The van der Waals surface area contributed by atoms with Crippen molar-refractivity contribution in [3.05, 3.63) is 63.2 Å². The number of ether oxygens (including phenoxy) is 2. The van der Waals surface area contributed by atoms with Crippen LogP contribution in [0.2, 0.25) is 0 Å². The lowest BCUT2D eigenvalue weighted by molar-refractivity contribution is -0.386. The first-order chi connectivity index (χ1) is 14.1. The summed E-state index contributed by atoms with van der Waals surface area (Å²) in [4.78, 5) is 11.4. The van der Waals surface area contributed by atoms with E-state index >= 15 is 0 Å². The Morgan fingerprint density at radius 1 is 1.28 bits per heavy atom. The second-order valence-corrected chi connectivity index (χ2v) is 7.37. The van der Waals surface area contributed by atoms with Crippen LogP contribution in [0.4, 0.5) is 5.69 Å². The number of fused-ring (bicyclic) bond motifs is 1. The molecule has 2 heterocycles. The Labute approximate surface area is 169 Å². The molecule has 1 fully saturated rings. The maximum absolute atomic E-state index is 11.8. The van der Waals surface area contributed by atoms with Gasteiger partial charge in [0.25, 0.3) is 0 Å². The maximum atomic E-state index is 11.8. The molecule has 1 saturated heterocycles. The number of nitro benzene ring substituents is 1. The number of hydrazone groups is 1. The van der Waals surface area contributed by atoms with Gasteiger partial charge in [-0.2, -0.15) is 5.10 Å². The molecule has 2 aliphatic rings. The van der Waals surface area contributed by atoms with E-state index in [1.807, 2.05) is 37.3 Å². The van der Waals surface area contributed by atoms with Crippen molar-refractivity contribution >= 4 is 11.4 Å². The molecule has 2 unspecified atom stereocenters. The number of nitro groups is 1. The fourth-order valence-electron chi connectivity index (χ4n) is 3.84. The second kappa shape index (κ2) is 8.08. The van der Waals surface area contributed by atoms with E-state index in [1.165, 1.54) is 7.11 Å². The van der Waals surface area contributed by atoms with Crippen molar-refractivity contribution in [2.75, 3.05) is 20.2 Å². The SMILES string of the molecule is COc1cc(C2NN=C3CCNCC32)cc([N+](=O)[O-])c1OCc1ccc(C)cc1. The van der Waals surface area contributed by atoms with Gasteiger partial charge in [-0.3, -0.25) is 10.1 Å². The molecular formula is C21H24N4O4. The highest BCUT2D eigenvalue weighted by Gasteiger charge is 2.36. The normalized spacial score (nSPS) is 20.4. The topological polar surface area (TPSA) is 98.0 Å². The Morgan fingerprint density at radius 2 is 2.07 bits per heavy atom. The van der Waals surface area contributed by atoms with Gasteiger partial charge < -0.3 is 20.2 Å². The summed E-state index contributed by atoms with van der Waals surface area (Å²) < 4.78 is 11.3. The van der Waals surface area contributed by atoms with Crippen molar-refractivity contribution in [1.82, 2.24) is 10.7 Å². The third-order valence-corrected chi connectivity index (χ3v) is 5.44. The Bertz CT molecular complexity index is 942. The van der Waals surface area contributed by atoms with Crippen molar-refractivity contribution in [2.24, 2.45) is 11.0 Å². The van der Waals surface area contributed by atoms with Crippen LogP contribution in [-0.2, 0) is 6.61 Å². The highest BCUT2D eigenvalue weighted by Crippen LogP contribution is 2.42. The van der Waals surface area contributed by atoms with Crippen molar-refractivity contribution in [3.8, 4) is 11.5 Å². The summed E-state index contributed by atoms with van der Waals surface area (Å²) >= 11 is 0. The summed E-state index contributed by atoms with van der Waals surface area (Å²) in [6.07, 6.45) is 0.880. The van der Waals surface area contributed by atoms with Gasteiger partial charge in [-0.1, -0.05) is 29.8 Å². The fraction of sp³-hybridized carbons (Fsp3) is 0.381. The monoisotopic (exact) mass is 396 g/mol. The van der Waals surface area contributed by atoms with Gasteiger partial charge in [0.15, 0.2) is 5.75 Å². The average Bonchev–Trinajstić information content (AvgIpc) is 3.17. The zero-order valence-corrected chi connectivity index (χ0v) is 16.5. The number of hydrogen-bond donors (Lipinski definition) is 2. The predicted molar refractivity (Wildman–Crippen MR) is 109 cm³/mol. The van der Waals surface area contributed by atoms with Crippen LogP contribution >= 0.6 is 0 Å². The Balaban J connectivity index is 1.63. The molecule has 0 aliphatic carbocycles. The number of rotatable bonds is 6. The third-order valence-electron chi connectivity index (χ3n) is 5.44. The lowest BCUT2D eigenvalue weighted by atomic mass is 9.87. The smallest absolute Gasteiger partial charge is 0.315 e. The standard InChI is InChI=1S/C21H24N4O4/c1-13-3-5-14(6-4-13)12-29-21-18(25(26)27)9-15(10-19(21)28-2)20-16-11-22-8-7-17(16)23-24-20/h3-6,9-10,16,20,22,24H,7-8,11-12H2,1-2H3. The molecule has 0 radical (unpaired) electrons. The van der Waals surface area contributed by atoms with Crippen LogP contribution in [-0.4, -0.2) is 30.8 Å². The minimum absolute atomic E-state index is 0.106. The zero-order chi connectivity index (χ0) is 20.4. The average molecular weight is 396 g/mol. The number of nitrogens with zero attached hydrogens (tertiary/aromatic N) is 2. The zero-order valence-electron chi connectivity index (χ0n) is 16.5. The molecule has 2 atom stereocenters. The number of hydrogen-bond acceptors (Lipinski definition) is 7. The number of benzene rings is 2. The number of methoxy groups -OCH3 is 1. The molecule has 2 aliphatic heterocycles. The molecule has 152 valence electrons. The molecule has 0 bridgehead atoms. The van der Waals surface area contributed by atoms with Crippen molar-refractivity contribution < 1.29 is 14.4 Å². The van der Waals surface area contributed by atoms with E-state index in [0.29, 0.717) is 5.75 Å². The maximum Gasteiger partial charge on any atom is 0.315 e. The first kappa shape index (κ1) is 19.2. The van der Waals surface area contributed by atoms with Gasteiger partial charge in [0.1, 0.15) is 6.61 Å². The Hall–Kier alpha value is -3.13. The minimum atomic E-state index is -0.424. The van der Waals surface area contributed by atoms with Crippen LogP contribution in [0.25, 0.3) is 0 Å². The molecule has 2 aromatic carbocycles. The van der Waals surface area contributed by atoms with E-state index in [2.05, 4.69) is 15.8 Å². The molecule has 29 heavy (non-hydrogen) atoms. The summed E-state index contributed by atoms with van der Waals surface area (Å²) in [7, 11) is 1.49. The van der Waals surface area contributed by atoms with Gasteiger partial charge >= 0.3 is 5.69 Å². The van der Waals surface area contributed by atoms with Crippen LogP contribution in [0, 0.1) is 23.0 Å². The van der Waals surface area contributed by atoms with Crippen LogP contribution in [0.5, 0.6) is 11.5 Å². The van der Waals surface area contributed by atoms with Gasteiger partial charge in [0, 0.05) is 37.2 Å². The van der Waals surface area contributed by atoms with E-state index in [1.54, 1.807) is 6.07 Å². The third kappa shape index (κ3) is 3.88. The van der Waals surface area contributed by atoms with Gasteiger partial charge in [0.2, 0.25) is 5.75 Å². The van der Waals surface area contributed by atoms with Crippen molar-refractivity contribution in [2.45, 2.75) is 26.0 Å². The van der Waals surface area contributed by atoms with E-state index < -0.39 is 4.92 Å². The number of aryl methyl sites for hydroxylation is 1. The summed E-state index contributed by atoms with van der Waals surface area (Å²) in [5, 5.41) is 19.6. The number of piperidine rings is 1. The Kier molecular flexibility index (Phi) is 5.35. The molecule has 0 saturated carbocycles. The van der Waals surface area contributed by atoms with Gasteiger partial charge in [0.05, 0.1) is 18.1 Å². The molecule has 2 aromatic rings. The molecule has 0 spiro atoms. The van der Waals surface area contributed by atoms with Crippen molar-refractivity contribution in [3.63, 3.8) is 0 Å². The first-order valence-corrected chi connectivity index (χ1v) is 9.64. The van der Waals surface area contributed by atoms with Crippen LogP contribution in [0.3, 0.4) is 0 Å². The van der Waals surface area contributed by atoms with E-state index in [4.69, 9.17) is 9.47 Å². The molecule has 0 aromatic heterocycles. The molecule has 2 N–H and O–H groups in total. The van der Waals surface area contributed by atoms with Gasteiger partial charge in [-0.15, -0.1) is 0 Å². The molecule has 4 rings (SSSR count). The van der Waals surface area contributed by atoms with Crippen LogP contribution in [0.1, 0.15) is 29.2 Å². The minimum Gasteiger partial charge on any atom is -0.493 e. The number of nitrogens with one attached hydrogen (secondary N) is 2. The largest absolute Gasteiger partial charge is 0.493 e. The highest BCUT2D eigenvalue weighted by atomic mass is 16.6. The fourth-order valence-corrected chi connectivity index (χ4v) is 3.84. The summed E-state index contributed by atoms with van der Waals surface area (Å²) in [5.41, 5.74) is 6.99. The highest BCUT2D eigenvalue weighted by molar-refractivity contribution is 5.90. The quantitative estimate of drug-likeness (QED) is 0.575. The molecule has 8 heteroatoms. The van der Waals surface area contributed by atoms with Gasteiger partial charge in [-0.05, 0) is 24.1 Å².